The van der Waals surface area contributed by atoms with Crippen molar-refractivity contribution in [2.75, 3.05) is 13.3 Å². The zero-order valence-electron chi connectivity index (χ0n) is 13.1. The first-order valence-electron chi connectivity index (χ1n) is 7.29. The van der Waals surface area contributed by atoms with Crippen LogP contribution in [0.15, 0.2) is 29.2 Å². The number of unbranched alkanes of at least 4 members (excludes halogenated alkanes) is 6. The van der Waals surface area contributed by atoms with E-state index in [0.717, 1.165) is 38.5 Å². The summed E-state index contributed by atoms with van der Waals surface area (Å²) in [5, 5.41) is 0. The van der Waals surface area contributed by atoms with Gasteiger partial charge in [0.25, 0.3) is 0 Å². The molecule has 1 rings (SSSR count). The molecule has 0 saturated carbocycles. The standard InChI is InChI=1S/C15H23FO4S.Na/c16-12-8-4-2-1-3-5-9-13-20-14-10-6-7-11-15(14)21(17,18)19;/h6-7,10-11H,1-5,8-9,12-13H2,(H,17,18,19);/q;+1/p-1. The summed E-state index contributed by atoms with van der Waals surface area (Å²) in [6.45, 7) is 0.146. The van der Waals surface area contributed by atoms with Crippen molar-refractivity contribution >= 4 is 10.1 Å². The van der Waals surface area contributed by atoms with E-state index in [-0.39, 0.29) is 46.9 Å². The van der Waals surface area contributed by atoms with Crippen molar-refractivity contribution < 1.29 is 51.7 Å². The molecule has 0 aliphatic rings. The Morgan fingerprint density at radius 3 is 2.09 bits per heavy atom. The summed E-state index contributed by atoms with van der Waals surface area (Å²) < 4.78 is 50.4. The quantitative estimate of drug-likeness (QED) is 0.337. The van der Waals surface area contributed by atoms with Gasteiger partial charge in [-0.3, -0.25) is 4.39 Å². The van der Waals surface area contributed by atoms with E-state index in [9.17, 15) is 17.4 Å². The van der Waals surface area contributed by atoms with Crippen LogP contribution < -0.4 is 34.3 Å². The van der Waals surface area contributed by atoms with Crippen LogP contribution in [-0.2, 0) is 10.1 Å². The zero-order chi connectivity index (χ0) is 15.6. The monoisotopic (exact) mass is 340 g/mol. The second kappa shape index (κ2) is 12.3. The van der Waals surface area contributed by atoms with Gasteiger partial charge < -0.3 is 9.29 Å². The van der Waals surface area contributed by atoms with Gasteiger partial charge in [-0.2, -0.15) is 0 Å². The largest absolute Gasteiger partial charge is 1.00 e. The van der Waals surface area contributed by atoms with Gasteiger partial charge in [-0.1, -0.05) is 44.2 Å². The first-order chi connectivity index (χ1) is 10.1. The topological polar surface area (TPSA) is 66.4 Å². The van der Waals surface area contributed by atoms with E-state index >= 15 is 0 Å². The van der Waals surface area contributed by atoms with Crippen molar-refractivity contribution in [3.63, 3.8) is 0 Å². The minimum absolute atomic E-state index is 0. The molecule has 4 nitrogen and oxygen atoms in total. The summed E-state index contributed by atoms with van der Waals surface area (Å²) in [5.41, 5.74) is 0. The van der Waals surface area contributed by atoms with Gasteiger partial charge in [-0.05, 0) is 25.0 Å². The minimum Gasteiger partial charge on any atom is -0.744 e. The predicted octanol–water partition coefficient (Wildman–Crippen LogP) is 0.674. The molecule has 0 unspecified atom stereocenters. The van der Waals surface area contributed by atoms with Crippen LogP contribution in [0.1, 0.15) is 44.9 Å². The molecule has 0 N–H and O–H groups in total. The van der Waals surface area contributed by atoms with Crippen LogP contribution in [0.3, 0.4) is 0 Å². The maximum absolute atomic E-state index is 11.9. The molecule has 0 fully saturated rings. The molecule has 1 aromatic rings. The van der Waals surface area contributed by atoms with Crippen LogP contribution in [0.5, 0.6) is 5.75 Å². The molecule has 0 spiro atoms. The molecule has 0 aromatic heterocycles. The Morgan fingerprint density at radius 2 is 1.50 bits per heavy atom. The van der Waals surface area contributed by atoms with Crippen molar-refractivity contribution in [2.24, 2.45) is 0 Å². The Kier molecular flexibility index (Phi) is 12.2. The van der Waals surface area contributed by atoms with Crippen LogP contribution in [0.25, 0.3) is 0 Å². The van der Waals surface area contributed by atoms with Gasteiger partial charge in [0.2, 0.25) is 0 Å². The van der Waals surface area contributed by atoms with E-state index in [4.69, 9.17) is 4.74 Å². The summed E-state index contributed by atoms with van der Waals surface area (Å²) in [5.74, 6) is 0.121. The Bertz CT molecular complexity index is 508. The molecule has 0 aliphatic heterocycles. The number of hydrogen-bond acceptors (Lipinski definition) is 4. The molecular weight excluding hydrogens is 318 g/mol. The van der Waals surface area contributed by atoms with Gasteiger partial charge >= 0.3 is 29.6 Å². The fourth-order valence-corrected chi connectivity index (χ4v) is 2.66. The van der Waals surface area contributed by atoms with Crippen molar-refractivity contribution in [3.8, 4) is 5.75 Å². The smallest absolute Gasteiger partial charge is 0.744 e. The molecule has 0 radical (unpaired) electrons. The van der Waals surface area contributed by atoms with Crippen LogP contribution in [0.2, 0.25) is 0 Å². The molecule has 120 valence electrons. The van der Waals surface area contributed by atoms with Crippen LogP contribution >= 0.6 is 0 Å². The van der Waals surface area contributed by atoms with Gasteiger partial charge in [-0.25, -0.2) is 8.42 Å². The number of para-hydroxylation sites is 1. The van der Waals surface area contributed by atoms with E-state index in [1.807, 2.05) is 0 Å². The zero-order valence-corrected chi connectivity index (χ0v) is 15.9. The summed E-state index contributed by atoms with van der Waals surface area (Å²) in [6, 6.07) is 5.87. The Morgan fingerprint density at radius 1 is 0.955 bits per heavy atom. The van der Waals surface area contributed by atoms with E-state index in [2.05, 4.69) is 0 Å². The molecule has 0 amide bonds. The third kappa shape index (κ3) is 9.10. The SMILES string of the molecule is O=S(=O)([O-])c1ccccc1OCCCCCCCCCF.[Na+]. The average molecular weight is 340 g/mol. The van der Waals surface area contributed by atoms with Gasteiger partial charge in [0.15, 0.2) is 0 Å². The van der Waals surface area contributed by atoms with Gasteiger partial charge in [-0.15, -0.1) is 0 Å². The molecule has 0 heterocycles. The minimum atomic E-state index is -4.50. The average Bonchev–Trinajstić information content (AvgIpc) is 2.45. The van der Waals surface area contributed by atoms with Crippen LogP contribution in [0.4, 0.5) is 4.39 Å². The Labute approximate surface area is 154 Å². The van der Waals surface area contributed by atoms with E-state index < -0.39 is 10.1 Å². The molecule has 0 atom stereocenters. The molecule has 0 saturated heterocycles. The summed E-state index contributed by atoms with van der Waals surface area (Å²) in [4.78, 5) is -0.309. The van der Waals surface area contributed by atoms with Gasteiger partial charge in [0.05, 0.1) is 18.2 Å². The molecular formula is C15H22FNaO4S. The maximum Gasteiger partial charge on any atom is 1.00 e. The molecule has 0 bridgehead atoms. The molecule has 22 heavy (non-hydrogen) atoms. The van der Waals surface area contributed by atoms with E-state index in [1.54, 1.807) is 6.07 Å². The van der Waals surface area contributed by atoms with Crippen molar-refractivity contribution in [1.29, 1.82) is 0 Å². The normalized spacial score (nSPS) is 11.0. The summed E-state index contributed by atoms with van der Waals surface area (Å²) in [7, 11) is -4.50. The number of ether oxygens (including phenoxy) is 1. The fourth-order valence-electron chi connectivity index (χ4n) is 2.04. The van der Waals surface area contributed by atoms with E-state index in [1.165, 1.54) is 18.2 Å². The third-order valence-corrected chi connectivity index (χ3v) is 4.03. The molecule has 7 heteroatoms. The maximum atomic E-state index is 11.9. The Hall–Kier alpha value is -0.140. The first-order valence-corrected chi connectivity index (χ1v) is 8.70. The van der Waals surface area contributed by atoms with Gasteiger partial charge in [0.1, 0.15) is 15.9 Å². The van der Waals surface area contributed by atoms with Crippen molar-refractivity contribution in [1.82, 2.24) is 0 Å². The number of halogens is 1. The Balaban J connectivity index is 0.00000441. The van der Waals surface area contributed by atoms with E-state index in [0.29, 0.717) is 13.0 Å². The summed E-state index contributed by atoms with van der Waals surface area (Å²) >= 11 is 0. The van der Waals surface area contributed by atoms with Crippen LogP contribution in [0, 0.1) is 0 Å². The van der Waals surface area contributed by atoms with Crippen LogP contribution in [-0.4, -0.2) is 26.3 Å². The van der Waals surface area contributed by atoms with Gasteiger partial charge in [0, 0.05) is 0 Å². The second-order valence-corrected chi connectivity index (χ2v) is 6.26. The summed E-state index contributed by atoms with van der Waals surface area (Å²) in [6.07, 6.45) is 6.52. The third-order valence-electron chi connectivity index (χ3n) is 3.15. The molecule has 0 aliphatic carbocycles. The first kappa shape index (κ1) is 21.9. The predicted molar refractivity (Wildman–Crippen MR) is 78.2 cm³/mol. The molecule has 1 aromatic carbocycles. The number of rotatable bonds is 11. The second-order valence-electron chi connectivity index (χ2n) is 4.91. The van der Waals surface area contributed by atoms with Crippen molar-refractivity contribution in [3.05, 3.63) is 24.3 Å². The fraction of sp³-hybridized carbons (Fsp3) is 0.600. The van der Waals surface area contributed by atoms with Crippen molar-refractivity contribution in [2.45, 2.75) is 49.8 Å². The number of hydrogen-bond donors (Lipinski definition) is 0. The number of benzene rings is 1. The number of alkyl halides is 1.